The largest absolute Gasteiger partial charge is 0.477 e. The summed E-state index contributed by atoms with van der Waals surface area (Å²) in [4.78, 5) is 26.7. The first-order valence-corrected chi connectivity index (χ1v) is 11.2. The Bertz CT molecular complexity index is 1280. The Morgan fingerprint density at radius 3 is 2.26 bits per heavy atom. The number of nitrogens with one attached hydrogen (secondary N) is 2. The second-order valence-electron chi connectivity index (χ2n) is 8.54. The molecule has 0 bridgehead atoms. The van der Waals surface area contributed by atoms with Crippen LogP contribution in [0.25, 0.3) is 6.08 Å². The van der Waals surface area contributed by atoms with Crippen molar-refractivity contribution >= 4 is 40.7 Å². The molecule has 3 N–H and O–H groups in total. The topological polar surface area (TPSA) is 93.5 Å². The Morgan fingerprint density at radius 1 is 0.971 bits per heavy atom. The van der Waals surface area contributed by atoms with Gasteiger partial charge in [0.05, 0.1) is 5.57 Å². The van der Waals surface area contributed by atoms with Crippen LogP contribution in [0.2, 0.25) is 0 Å². The van der Waals surface area contributed by atoms with Crippen LogP contribution in [-0.2, 0) is 16.0 Å². The predicted molar refractivity (Wildman–Crippen MR) is 136 cm³/mol. The van der Waals surface area contributed by atoms with Gasteiger partial charge >= 0.3 is 5.97 Å². The molecule has 0 fully saturated rings. The highest BCUT2D eigenvalue weighted by molar-refractivity contribution is 6.50. The molecule has 0 atom stereocenters. The Labute approximate surface area is 199 Å². The van der Waals surface area contributed by atoms with E-state index in [1.165, 1.54) is 11.6 Å². The number of carbonyl (C=O) groups excluding carboxylic acids is 1. The van der Waals surface area contributed by atoms with Gasteiger partial charge in [0.1, 0.15) is 0 Å². The van der Waals surface area contributed by atoms with Gasteiger partial charge < -0.3 is 15.3 Å². The first kappa shape index (κ1) is 23.0. The maximum atomic E-state index is 12.9. The zero-order valence-electron chi connectivity index (χ0n) is 19.3. The molecule has 1 aliphatic rings. The minimum Gasteiger partial charge on any atom is -0.477 e. The summed E-state index contributed by atoms with van der Waals surface area (Å²) in [7, 11) is 0. The van der Waals surface area contributed by atoms with E-state index >= 15 is 0 Å². The summed E-state index contributed by atoms with van der Waals surface area (Å²) in [6.45, 7) is 4.92. The van der Waals surface area contributed by atoms with Gasteiger partial charge in [-0.15, -0.1) is 0 Å². The Kier molecular flexibility index (Phi) is 6.59. The van der Waals surface area contributed by atoms with Crippen molar-refractivity contribution in [3.05, 3.63) is 94.6 Å². The van der Waals surface area contributed by atoms with Gasteiger partial charge in [-0.25, -0.2) is 4.79 Å². The lowest BCUT2D eigenvalue weighted by atomic mass is 9.96. The summed E-state index contributed by atoms with van der Waals surface area (Å²) in [5.74, 6) is -2.08. The van der Waals surface area contributed by atoms with Crippen molar-refractivity contribution in [2.24, 2.45) is 0 Å². The molecule has 3 aromatic rings. The molecule has 6 heteroatoms. The fourth-order valence-electron chi connectivity index (χ4n) is 4.07. The number of amides is 1. The zero-order chi connectivity index (χ0) is 24.2. The van der Waals surface area contributed by atoms with E-state index in [1.807, 2.05) is 37.3 Å². The molecule has 0 saturated carbocycles. The number of hydrogen-bond donors (Lipinski definition) is 3. The van der Waals surface area contributed by atoms with Gasteiger partial charge in [0, 0.05) is 23.6 Å². The van der Waals surface area contributed by atoms with Crippen LogP contribution >= 0.6 is 0 Å². The van der Waals surface area contributed by atoms with Crippen molar-refractivity contribution in [1.82, 2.24) is 0 Å². The van der Waals surface area contributed by atoms with Crippen LogP contribution < -0.4 is 10.2 Å². The molecular formula is C28H27N3O3. The zero-order valence-corrected chi connectivity index (χ0v) is 19.3. The number of hydrogen-bond acceptors (Lipinski definition) is 4. The van der Waals surface area contributed by atoms with E-state index in [0.29, 0.717) is 11.3 Å². The number of rotatable bonds is 6. The number of carbonyl (C=O) groups is 2. The minimum atomic E-state index is -1.45. The van der Waals surface area contributed by atoms with E-state index in [0.717, 1.165) is 41.9 Å². The summed E-state index contributed by atoms with van der Waals surface area (Å²) < 4.78 is 0. The van der Waals surface area contributed by atoms with E-state index in [-0.39, 0.29) is 5.57 Å². The molecule has 0 aromatic heterocycles. The molecule has 34 heavy (non-hydrogen) atoms. The molecular weight excluding hydrogens is 426 g/mol. The fraction of sp³-hybridized carbons (Fsp3) is 0.179. The smallest absolute Gasteiger partial charge is 0.354 e. The Hall–Kier alpha value is -4.19. The number of nitrogens with zero attached hydrogens (tertiary/aromatic N) is 1. The SMILES string of the molecule is Cc1ccc(NC(=O)/C(=C\c2ccc3c(c2)CCCN3c2ccc(C)cc2)C(=N)C(=O)O)cc1. The molecule has 0 saturated heterocycles. The van der Waals surface area contributed by atoms with Crippen molar-refractivity contribution in [3.8, 4) is 0 Å². The van der Waals surface area contributed by atoms with Crippen LogP contribution in [0.4, 0.5) is 17.1 Å². The van der Waals surface area contributed by atoms with Gasteiger partial charge in [0.2, 0.25) is 0 Å². The van der Waals surface area contributed by atoms with Crippen molar-refractivity contribution in [1.29, 1.82) is 5.41 Å². The highest BCUT2D eigenvalue weighted by Crippen LogP contribution is 2.34. The Balaban J connectivity index is 1.65. The van der Waals surface area contributed by atoms with E-state index in [4.69, 9.17) is 5.41 Å². The fourth-order valence-corrected chi connectivity index (χ4v) is 4.07. The number of anilines is 3. The summed E-state index contributed by atoms with van der Waals surface area (Å²) in [5.41, 5.74) is 5.89. The van der Waals surface area contributed by atoms with E-state index in [1.54, 1.807) is 12.1 Å². The summed E-state index contributed by atoms with van der Waals surface area (Å²) >= 11 is 0. The summed E-state index contributed by atoms with van der Waals surface area (Å²) in [6.07, 6.45) is 3.35. The number of carboxylic acids is 1. The molecule has 1 heterocycles. The van der Waals surface area contributed by atoms with Gasteiger partial charge in [-0.2, -0.15) is 0 Å². The normalized spacial score (nSPS) is 13.2. The predicted octanol–water partition coefficient (Wildman–Crippen LogP) is 5.51. The van der Waals surface area contributed by atoms with Crippen molar-refractivity contribution < 1.29 is 14.7 Å². The molecule has 0 unspecified atom stereocenters. The molecule has 6 nitrogen and oxygen atoms in total. The molecule has 3 aromatic carbocycles. The minimum absolute atomic E-state index is 0.195. The number of carboxylic acid groups (broad SMARTS) is 1. The van der Waals surface area contributed by atoms with Gasteiger partial charge in [0.25, 0.3) is 5.91 Å². The second-order valence-corrected chi connectivity index (χ2v) is 8.54. The lowest BCUT2D eigenvalue weighted by molar-refractivity contribution is -0.129. The van der Waals surface area contributed by atoms with Crippen molar-refractivity contribution in [3.63, 3.8) is 0 Å². The standard InChI is InChI=1S/C28H27N3O3/c1-18-5-10-22(11-6-18)30-27(32)24(26(29)28(33)34)17-20-9-14-25-21(16-20)4-3-15-31(25)23-12-7-19(2)8-13-23/h5-14,16-17,29H,3-4,15H2,1-2H3,(H,30,32)(H,33,34)/b24-17-,29-26?. The maximum absolute atomic E-state index is 12.9. The highest BCUT2D eigenvalue weighted by Gasteiger charge is 2.22. The van der Waals surface area contributed by atoms with E-state index < -0.39 is 17.6 Å². The molecule has 172 valence electrons. The van der Waals surface area contributed by atoms with Gasteiger partial charge in [0.15, 0.2) is 5.71 Å². The van der Waals surface area contributed by atoms with Crippen LogP contribution in [0.1, 0.15) is 28.7 Å². The lowest BCUT2D eigenvalue weighted by Gasteiger charge is -2.31. The number of aliphatic carboxylic acids is 1. The monoisotopic (exact) mass is 453 g/mol. The van der Waals surface area contributed by atoms with Crippen LogP contribution in [0.15, 0.2) is 72.3 Å². The molecule has 1 amide bonds. The second kappa shape index (κ2) is 9.75. The van der Waals surface area contributed by atoms with Crippen LogP contribution in [0.3, 0.4) is 0 Å². The Morgan fingerprint density at radius 2 is 1.62 bits per heavy atom. The number of aryl methyl sites for hydroxylation is 3. The maximum Gasteiger partial charge on any atom is 0.354 e. The molecule has 0 aliphatic carbocycles. The van der Waals surface area contributed by atoms with Crippen LogP contribution in [0, 0.1) is 19.3 Å². The molecule has 1 aliphatic heterocycles. The average molecular weight is 454 g/mol. The number of fused-ring (bicyclic) bond motifs is 1. The van der Waals surface area contributed by atoms with Crippen LogP contribution in [-0.4, -0.2) is 29.2 Å². The summed E-state index contributed by atoms with van der Waals surface area (Å²) in [6, 6.07) is 21.4. The third kappa shape index (κ3) is 5.07. The molecule has 0 spiro atoms. The first-order chi connectivity index (χ1) is 16.3. The average Bonchev–Trinajstić information content (AvgIpc) is 2.83. The highest BCUT2D eigenvalue weighted by atomic mass is 16.4. The molecule has 0 radical (unpaired) electrons. The van der Waals surface area contributed by atoms with Crippen molar-refractivity contribution in [2.75, 3.05) is 16.8 Å². The van der Waals surface area contributed by atoms with E-state index in [9.17, 15) is 14.7 Å². The van der Waals surface area contributed by atoms with Crippen LogP contribution in [0.5, 0.6) is 0 Å². The van der Waals surface area contributed by atoms with Crippen molar-refractivity contribution in [2.45, 2.75) is 26.7 Å². The third-order valence-corrected chi connectivity index (χ3v) is 5.92. The first-order valence-electron chi connectivity index (χ1n) is 11.2. The van der Waals surface area contributed by atoms with Gasteiger partial charge in [-0.3, -0.25) is 10.2 Å². The summed E-state index contributed by atoms with van der Waals surface area (Å²) in [5, 5.41) is 20.1. The third-order valence-electron chi connectivity index (χ3n) is 5.92. The van der Waals surface area contributed by atoms with Gasteiger partial charge in [-0.1, -0.05) is 41.5 Å². The van der Waals surface area contributed by atoms with E-state index in [2.05, 4.69) is 41.4 Å². The lowest BCUT2D eigenvalue weighted by Crippen LogP contribution is -2.25. The number of benzene rings is 3. The quantitative estimate of drug-likeness (QED) is 0.339. The molecule has 4 rings (SSSR count). The van der Waals surface area contributed by atoms with Gasteiger partial charge in [-0.05, 0) is 80.3 Å².